The zero-order valence-electron chi connectivity index (χ0n) is 26.3. The minimum atomic E-state index is 0.594. The molecule has 1 saturated heterocycles. The quantitative estimate of drug-likeness (QED) is 0.201. The highest BCUT2D eigenvalue weighted by atomic mass is 16.5. The number of aryl methyl sites for hydroxylation is 2. The van der Waals surface area contributed by atoms with Gasteiger partial charge in [-0.05, 0) is 87.5 Å². The van der Waals surface area contributed by atoms with Crippen LogP contribution < -0.4 is 14.4 Å². The highest BCUT2D eigenvalue weighted by Crippen LogP contribution is 2.34. The van der Waals surface area contributed by atoms with Crippen molar-refractivity contribution in [3.05, 3.63) is 87.9 Å². The first kappa shape index (κ1) is 29.4. The lowest BCUT2D eigenvalue weighted by molar-refractivity contribution is 0.134. The van der Waals surface area contributed by atoms with Gasteiger partial charge >= 0.3 is 0 Å². The molecule has 0 amide bonds. The topological polar surface area (TPSA) is 60.0 Å². The van der Waals surface area contributed by atoms with Gasteiger partial charge in [-0.1, -0.05) is 18.2 Å². The maximum absolute atomic E-state index is 5.92. The fourth-order valence-electron chi connectivity index (χ4n) is 6.83. The van der Waals surface area contributed by atoms with Crippen LogP contribution in [0.15, 0.2) is 48.5 Å². The van der Waals surface area contributed by atoms with E-state index >= 15 is 0 Å². The molecule has 4 heterocycles. The highest BCUT2D eigenvalue weighted by Gasteiger charge is 2.22. The Morgan fingerprint density at radius 2 is 1.86 bits per heavy atom. The number of methoxy groups -OCH3 is 2. The molecule has 0 radical (unpaired) electrons. The Hall–Kier alpha value is -3.68. The lowest BCUT2D eigenvalue weighted by Gasteiger charge is -2.22. The normalized spacial score (nSPS) is 16.5. The molecule has 0 bridgehead atoms. The van der Waals surface area contributed by atoms with E-state index in [-0.39, 0.29) is 0 Å². The number of pyridine rings is 2. The Bertz CT molecular complexity index is 1600. The SMILES string of the molecule is COc1ccc(Cc2nc3cc(CN(C)c4ccc(CCCC5CCN(C)C5)nc4C)ccc3c3c2COC3)c(OC)c1. The predicted octanol–water partition coefficient (Wildman–Crippen LogP) is 6.49. The maximum atomic E-state index is 5.92. The number of benzene rings is 2. The van der Waals surface area contributed by atoms with Crippen LogP contribution in [0, 0.1) is 12.8 Å². The van der Waals surface area contributed by atoms with Crippen molar-refractivity contribution in [3.63, 3.8) is 0 Å². The second-order valence-corrected chi connectivity index (χ2v) is 12.3. The highest BCUT2D eigenvalue weighted by molar-refractivity contribution is 5.85. The molecule has 2 aromatic heterocycles. The first-order valence-electron chi connectivity index (χ1n) is 15.5. The third-order valence-electron chi connectivity index (χ3n) is 9.18. The summed E-state index contributed by atoms with van der Waals surface area (Å²) in [4.78, 5) is 14.9. The molecule has 6 rings (SSSR count). The molecular formula is C36H44N4O3. The Kier molecular flexibility index (Phi) is 8.82. The van der Waals surface area contributed by atoms with Crippen molar-refractivity contribution >= 4 is 16.6 Å². The van der Waals surface area contributed by atoms with Crippen LogP contribution in [0.3, 0.4) is 0 Å². The molecule has 1 atom stereocenters. The predicted molar refractivity (Wildman–Crippen MR) is 172 cm³/mol. The van der Waals surface area contributed by atoms with Gasteiger partial charge in [-0.2, -0.15) is 0 Å². The molecule has 2 aliphatic heterocycles. The first-order chi connectivity index (χ1) is 20.9. The summed E-state index contributed by atoms with van der Waals surface area (Å²) in [5.41, 5.74) is 10.3. The molecule has 0 N–H and O–H groups in total. The zero-order valence-corrected chi connectivity index (χ0v) is 26.3. The zero-order chi connectivity index (χ0) is 29.9. The lowest BCUT2D eigenvalue weighted by atomic mass is 9.97. The van der Waals surface area contributed by atoms with E-state index in [2.05, 4.69) is 67.2 Å². The van der Waals surface area contributed by atoms with Crippen molar-refractivity contribution in [2.45, 2.75) is 58.8 Å². The van der Waals surface area contributed by atoms with E-state index in [0.717, 1.165) is 52.9 Å². The number of aromatic nitrogens is 2. The molecular weight excluding hydrogens is 536 g/mol. The van der Waals surface area contributed by atoms with Gasteiger partial charge in [0, 0.05) is 54.8 Å². The monoisotopic (exact) mass is 580 g/mol. The van der Waals surface area contributed by atoms with Gasteiger partial charge in [-0.3, -0.25) is 9.97 Å². The summed E-state index contributed by atoms with van der Waals surface area (Å²) < 4.78 is 17.0. The molecule has 1 fully saturated rings. The van der Waals surface area contributed by atoms with Crippen LogP contribution in [-0.4, -0.2) is 56.3 Å². The van der Waals surface area contributed by atoms with Crippen molar-refractivity contribution in [2.24, 2.45) is 5.92 Å². The summed E-state index contributed by atoms with van der Waals surface area (Å²) in [5.74, 6) is 2.44. The molecule has 0 aliphatic carbocycles. The van der Waals surface area contributed by atoms with Gasteiger partial charge in [0.15, 0.2) is 0 Å². The third kappa shape index (κ3) is 6.48. The number of fused-ring (bicyclic) bond motifs is 3. The van der Waals surface area contributed by atoms with Crippen LogP contribution in [0.4, 0.5) is 5.69 Å². The second kappa shape index (κ2) is 12.9. The van der Waals surface area contributed by atoms with E-state index in [1.165, 1.54) is 65.8 Å². The lowest BCUT2D eigenvalue weighted by Crippen LogP contribution is -2.18. The van der Waals surface area contributed by atoms with Crippen LogP contribution in [-0.2, 0) is 37.3 Å². The summed E-state index contributed by atoms with van der Waals surface area (Å²) >= 11 is 0. The summed E-state index contributed by atoms with van der Waals surface area (Å²) in [6.45, 7) is 6.62. The average Bonchev–Trinajstić information content (AvgIpc) is 3.67. The smallest absolute Gasteiger partial charge is 0.126 e. The van der Waals surface area contributed by atoms with Crippen LogP contribution >= 0.6 is 0 Å². The number of rotatable bonds is 11. The van der Waals surface area contributed by atoms with Crippen LogP contribution in [0.5, 0.6) is 11.5 Å². The Labute approximate surface area is 255 Å². The van der Waals surface area contributed by atoms with E-state index in [9.17, 15) is 0 Å². The molecule has 2 aliphatic rings. The van der Waals surface area contributed by atoms with Crippen molar-refractivity contribution in [3.8, 4) is 11.5 Å². The van der Waals surface area contributed by atoms with Crippen LogP contribution in [0.1, 0.15) is 58.6 Å². The molecule has 226 valence electrons. The van der Waals surface area contributed by atoms with E-state index in [4.69, 9.17) is 24.2 Å². The Morgan fingerprint density at radius 3 is 2.63 bits per heavy atom. The largest absolute Gasteiger partial charge is 0.497 e. The van der Waals surface area contributed by atoms with Gasteiger partial charge in [0.2, 0.25) is 0 Å². The molecule has 7 nitrogen and oxygen atoms in total. The standard InChI is InChI=1S/C36H44N4O3/c1-24-35(14-11-28(37-24)8-6-7-25-15-16-39(2)20-25)40(3)21-26-9-13-30-31-22-43-23-32(31)34(38-33(30)17-26)18-27-10-12-29(41-4)19-36(27)42-5/h9-14,17,19,25H,6-8,15-16,18,20-23H2,1-5H3. The van der Waals surface area contributed by atoms with Crippen molar-refractivity contribution in [2.75, 3.05) is 46.3 Å². The van der Waals surface area contributed by atoms with E-state index < -0.39 is 0 Å². The number of ether oxygens (including phenoxy) is 3. The third-order valence-corrected chi connectivity index (χ3v) is 9.18. The minimum Gasteiger partial charge on any atom is -0.497 e. The number of hydrogen-bond donors (Lipinski definition) is 0. The van der Waals surface area contributed by atoms with Crippen LogP contribution in [0.2, 0.25) is 0 Å². The van der Waals surface area contributed by atoms with Crippen molar-refractivity contribution < 1.29 is 14.2 Å². The molecule has 2 aromatic carbocycles. The molecule has 43 heavy (non-hydrogen) atoms. The molecule has 7 heteroatoms. The number of nitrogens with zero attached hydrogens (tertiary/aromatic N) is 4. The summed E-state index contributed by atoms with van der Waals surface area (Å²) in [6, 6.07) is 17.1. The molecule has 1 unspecified atom stereocenters. The Morgan fingerprint density at radius 1 is 1.00 bits per heavy atom. The van der Waals surface area contributed by atoms with Crippen LogP contribution in [0.25, 0.3) is 10.9 Å². The van der Waals surface area contributed by atoms with E-state index in [1.807, 2.05) is 12.1 Å². The molecule has 0 spiro atoms. The molecule has 4 aromatic rings. The first-order valence-corrected chi connectivity index (χ1v) is 15.5. The van der Waals surface area contributed by atoms with Crippen molar-refractivity contribution in [1.29, 1.82) is 0 Å². The van der Waals surface area contributed by atoms with E-state index in [0.29, 0.717) is 19.6 Å². The maximum Gasteiger partial charge on any atom is 0.126 e. The summed E-state index contributed by atoms with van der Waals surface area (Å²) in [5, 5.41) is 1.18. The fraction of sp³-hybridized carbons (Fsp3) is 0.444. The Balaban J connectivity index is 1.18. The number of hydrogen-bond acceptors (Lipinski definition) is 7. The molecule has 0 saturated carbocycles. The average molecular weight is 581 g/mol. The van der Waals surface area contributed by atoms with Gasteiger partial charge < -0.3 is 24.0 Å². The van der Waals surface area contributed by atoms with Gasteiger partial charge in [0.05, 0.1) is 50.0 Å². The number of anilines is 1. The van der Waals surface area contributed by atoms with Gasteiger partial charge in [0.1, 0.15) is 11.5 Å². The van der Waals surface area contributed by atoms with E-state index in [1.54, 1.807) is 14.2 Å². The summed E-state index contributed by atoms with van der Waals surface area (Å²) in [6.07, 6.45) is 5.58. The van der Waals surface area contributed by atoms with Gasteiger partial charge in [-0.25, -0.2) is 0 Å². The fourth-order valence-corrected chi connectivity index (χ4v) is 6.83. The van der Waals surface area contributed by atoms with Gasteiger partial charge in [0.25, 0.3) is 0 Å². The minimum absolute atomic E-state index is 0.594. The van der Waals surface area contributed by atoms with Crippen molar-refractivity contribution in [1.82, 2.24) is 14.9 Å². The van der Waals surface area contributed by atoms with Gasteiger partial charge in [-0.15, -0.1) is 0 Å². The summed E-state index contributed by atoms with van der Waals surface area (Å²) in [7, 11) is 7.75. The second-order valence-electron chi connectivity index (χ2n) is 12.3. The number of likely N-dealkylation sites (tertiary alicyclic amines) is 1.